The van der Waals surface area contributed by atoms with Gasteiger partial charge in [0.25, 0.3) is 0 Å². The van der Waals surface area contributed by atoms with Gasteiger partial charge in [0.1, 0.15) is 15.7 Å². The summed E-state index contributed by atoms with van der Waals surface area (Å²) in [6.07, 6.45) is 2.46. The second-order valence-corrected chi connectivity index (χ2v) is 7.65. The molecule has 0 aliphatic carbocycles. The highest BCUT2D eigenvalue weighted by atomic mass is 32.2. The Bertz CT molecular complexity index is 477. The predicted molar refractivity (Wildman–Crippen MR) is 74.0 cm³/mol. The van der Waals surface area contributed by atoms with E-state index in [-0.39, 0.29) is 17.6 Å². The average molecular weight is 291 g/mol. The standard InChI is InChI=1S/C12H18FNO2S2/c1-18(15,16)7-3-5-11(14)9-17-12-6-2-4-10(13)8-12/h2,4,6,8,11H,3,5,7,9,14H2,1H3. The molecule has 0 amide bonds. The van der Waals surface area contributed by atoms with E-state index in [0.717, 1.165) is 4.90 Å². The van der Waals surface area contributed by atoms with Gasteiger partial charge in [-0.2, -0.15) is 0 Å². The van der Waals surface area contributed by atoms with Crippen LogP contribution in [0.2, 0.25) is 0 Å². The molecule has 0 saturated heterocycles. The van der Waals surface area contributed by atoms with Gasteiger partial charge in [0.05, 0.1) is 0 Å². The summed E-state index contributed by atoms with van der Waals surface area (Å²) in [7, 11) is -2.90. The maximum Gasteiger partial charge on any atom is 0.147 e. The molecule has 0 fully saturated rings. The predicted octanol–water partition coefficient (Wildman–Crippen LogP) is 2.07. The maximum absolute atomic E-state index is 12.9. The number of halogens is 1. The maximum atomic E-state index is 12.9. The van der Waals surface area contributed by atoms with E-state index in [1.165, 1.54) is 30.2 Å². The second kappa shape index (κ2) is 7.11. The van der Waals surface area contributed by atoms with Gasteiger partial charge in [-0.3, -0.25) is 0 Å². The molecule has 1 unspecified atom stereocenters. The monoisotopic (exact) mass is 291 g/mol. The van der Waals surface area contributed by atoms with E-state index in [2.05, 4.69) is 0 Å². The largest absolute Gasteiger partial charge is 0.327 e. The third-order valence-corrected chi connectivity index (χ3v) is 4.56. The summed E-state index contributed by atoms with van der Waals surface area (Å²) in [4.78, 5) is 0.841. The fraction of sp³-hybridized carbons (Fsp3) is 0.500. The highest BCUT2D eigenvalue weighted by molar-refractivity contribution is 7.99. The molecule has 0 saturated carbocycles. The lowest BCUT2D eigenvalue weighted by Gasteiger charge is -2.10. The van der Waals surface area contributed by atoms with Gasteiger partial charge >= 0.3 is 0 Å². The molecule has 1 aromatic carbocycles. The van der Waals surface area contributed by atoms with Crippen molar-refractivity contribution in [1.82, 2.24) is 0 Å². The van der Waals surface area contributed by atoms with Crippen molar-refractivity contribution < 1.29 is 12.8 Å². The second-order valence-electron chi connectivity index (χ2n) is 4.30. The Morgan fingerprint density at radius 2 is 2.17 bits per heavy atom. The van der Waals surface area contributed by atoms with Crippen LogP contribution in [0, 0.1) is 5.82 Å². The van der Waals surface area contributed by atoms with Gasteiger partial charge in [-0.25, -0.2) is 12.8 Å². The van der Waals surface area contributed by atoms with Crippen molar-refractivity contribution in [2.75, 3.05) is 17.8 Å². The van der Waals surface area contributed by atoms with E-state index in [9.17, 15) is 12.8 Å². The molecular weight excluding hydrogens is 273 g/mol. The van der Waals surface area contributed by atoms with Crippen LogP contribution in [0.4, 0.5) is 4.39 Å². The van der Waals surface area contributed by atoms with Crippen LogP contribution in [-0.2, 0) is 9.84 Å². The molecule has 0 heterocycles. The first-order valence-corrected chi connectivity index (χ1v) is 8.73. The fourth-order valence-corrected chi connectivity index (χ4v) is 3.09. The number of benzene rings is 1. The van der Waals surface area contributed by atoms with E-state index in [4.69, 9.17) is 5.73 Å². The van der Waals surface area contributed by atoms with Gasteiger partial charge in [0.2, 0.25) is 0 Å². The first-order chi connectivity index (χ1) is 8.37. The minimum Gasteiger partial charge on any atom is -0.327 e. The summed E-state index contributed by atoms with van der Waals surface area (Å²) < 4.78 is 34.8. The minimum atomic E-state index is -2.90. The number of rotatable bonds is 7. The molecule has 0 aliphatic rings. The molecule has 6 heteroatoms. The van der Waals surface area contributed by atoms with Crippen molar-refractivity contribution in [1.29, 1.82) is 0 Å². The van der Waals surface area contributed by atoms with Crippen LogP contribution < -0.4 is 5.73 Å². The lowest BCUT2D eigenvalue weighted by Crippen LogP contribution is -2.23. The molecule has 18 heavy (non-hydrogen) atoms. The van der Waals surface area contributed by atoms with E-state index in [0.29, 0.717) is 18.6 Å². The highest BCUT2D eigenvalue weighted by Crippen LogP contribution is 2.20. The van der Waals surface area contributed by atoms with Gasteiger partial charge < -0.3 is 5.73 Å². The number of sulfone groups is 1. The Morgan fingerprint density at radius 1 is 1.44 bits per heavy atom. The zero-order valence-corrected chi connectivity index (χ0v) is 11.9. The van der Waals surface area contributed by atoms with Gasteiger partial charge in [-0.1, -0.05) is 6.07 Å². The summed E-state index contributed by atoms with van der Waals surface area (Å²) in [5.74, 6) is 0.573. The molecule has 1 aromatic rings. The van der Waals surface area contributed by atoms with Crippen molar-refractivity contribution in [3.63, 3.8) is 0 Å². The van der Waals surface area contributed by atoms with E-state index < -0.39 is 9.84 Å². The van der Waals surface area contributed by atoms with Crippen LogP contribution >= 0.6 is 11.8 Å². The van der Waals surface area contributed by atoms with E-state index >= 15 is 0 Å². The van der Waals surface area contributed by atoms with Crippen LogP contribution in [0.1, 0.15) is 12.8 Å². The topological polar surface area (TPSA) is 60.2 Å². The van der Waals surface area contributed by atoms with Crippen LogP contribution in [-0.4, -0.2) is 32.2 Å². The lowest BCUT2D eigenvalue weighted by atomic mass is 10.2. The third kappa shape index (κ3) is 6.98. The third-order valence-electron chi connectivity index (χ3n) is 2.35. The molecule has 0 radical (unpaired) electrons. The van der Waals surface area contributed by atoms with Crippen LogP contribution in [0.3, 0.4) is 0 Å². The Balaban J connectivity index is 2.27. The van der Waals surface area contributed by atoms with Crippen molar-refractivity contribution >= 4 is 21.6 Å². The van der Waals surface area contributed by atoms with Crippen LogP contribution in [0.15, 0.2) is 29.2 Å². The zero-order chi connectivity index (χ0) is 13.6. The fourth-order valence-electron chi connectivity index (χ4n) is 1.45. The lowest BCUT2D eigenvalue weighted by molar-refractivity contribution is 0.591. The Hall–Kier alpha value is -0.590. The molecule has 2 N–H and O–H groups in total. The van der Waals surface area contributed by atoms with Crippen LogP contribution in [0.5, 0.6) is 0 Å². The molecular formula is C12H18FNO2S2. The van der Waals surface area contributed by atoms with Gasteiger partial charge in [0.15, 0.2) is 0 Å². The normalized spacial score (nSPS) is 13.5. The molecule has 0 bridgehead atoms. The number of hydrogen-bond donors (Lipinski definition) is 1. The first kappa shape index (κ1) is 15.5. The molecule has 1 rings (SSSR count). The quantitative estimate of drug-likeness (QED) is 0.781. The minimum absolute atomic E-state index is 0.0694. The van der Waals surface area contributed by atoms with E-state index in [1.807, 2.05) is 6.07 Å². The Morgan fingerprint density at radius 3 is 2.78 bits per heavy atom. The first-order valence-electron chi connectivity index (χ1n) is 5.68. The Labute approximate surface area is 112 Å². The van der Waals surface area contributed by atoms with Crippen molar-refractivity contribution in [3.8, 4) is 0 Å². The van der Waals surface area contributed by atoms with Gasteiger partial charge in [-0.05, 0) is 31.0 Å². The van der Waals surface area contributed by atoms with Crippen molar-refractivity contribution in [2.24, 2.45) is 5.73 Å². The molecule has 1 atom stereocenters. The number of thioether (sulfide) groups is 1. The smallest absolute Gasteiger partial charge is 0.147 e. The number of nitrogens with two attached hydrogens (primary N) is 1. The molecule has 0 aliphatic heterocycles. The van der Waals surface area contributed by atoms with Crippen molar-refractivity contribution in [2.45, 2.75) is 23.8 Å². The van der Waals surface area contributed by atoms with Crippen molar-refractivity contribution in [3.05, 3.63) is 30.1 Å². The van der Waals surface area contributed by atoms with Crippen LogP contribution in [0.25, 0.3) is 0 Å². The molecule has 0 spiro atoms. The number of hydrogen-bond acceptors (Lipinski definition) is 4. The summed E-state index contributed by atoms with van der Waals surface area (Å²) in [5, 5.41) is 0. The summed E-state index contributed by atoms with van der Waals surface area (Å²) in [6, 6.07) is 6.29. The summed E-state index contributed by atoms with van der Waals surface area (Å²) in [5.41, 5.74) is 5.88. The average Bonchev–Trinajstić information content (AvgIpc) is 2.25. The van der Waals surface area contributed by atoms with Gasteiger partial charge in [0, 0.05) is 28.7 Å². The molecule has 3 nitrogen and oxygen atoms in total. The summed E-state index contributed by atoms with van der Waals surface area (Å²) >= 11 is 1.49. The molecule has 102 valence electrons. The van der Waals surface area contributed by atoms with Gasteiger partial charge in [-0.15, -0.1) is 11.8 Å². The Kier molecular flexibility index (Phi) is 6.11. The van der Waals surface area contributed by atoms with E-state index in [1.54, 1.807) is 6.07 Å². The SMILES string of the molecule is CS(=O)(=O)CCCC(N)CSc1cccc(F)c1. The molecule has 0 aromatic heterocycles. The summed E-state index contributed by atoms with van der Waals surface area (Å²) in [6.45, 7) is 0. The zero-order valence-electron chi connectivity index (χ0n) is 10.3. The highest BCUT2D eigenvalue weighted by Gasteiger charge is 2.07.